The summed E-state index contributed by atoms with van der Waals surface area (Å²) >= 11 is -3.66. The van der Waals surface area contributed by atoms with E-state index in [2.05, 4.69) is 0 Å². The van der Waals surface area contributed by atoms with Gasteiger partial charge < -0.3 is 0 Å². The second kappa shape index (κ2) is 19.1. The first-order valence-corrected chi connectivity index (χ1v) is 13.1. The van der Waals surface area contributed by atoms with Gasteiger partial charge in [-0.1, -0.05) is 0 Å². The molecule has 0 aliphatic rings. The van der Waals surface area contributed by atoms with Crippen LogP contribution in [0.5, 0.6) is 0 Å². The van der Waals surface area contributed by atoms with Crippen LogP contribution >= 0.6 is 0 Å². The van der Waals surface area contributed by atoms with Crippen LogP contribution in [0, 0.1) is 0 Å². The number of esters is 2. The number of hydrogen-bond donors (Lipinski definition) is 0. The van der Waals surface area contributed by atoms with Crippen molar-refractivity contribution < 1.29 is 37.7 Å². The summed E-state index contributed by atoms with van der Waals surface area (Å²) in [5.41, 5.74) is 0. The second-order valence-corrected chi connectivity index (χ2v) is 9.00. The summed E-state index contributed by atoms with van der Waals surface area (Å²) in [6.07, 6.45) is 8.39. The Morgan fingerprint density at radius 2 is 0.967 bits per heavy atom. The van der Waals surface area contributed by atoms with E-state index in [0.29, 0.717) is 6.42 Å². The number of ether oxygens (including phenoxy) is 2. The molecular weight excluding hydrogens is 506 g/mol. The van der Waals surface area contributed by atoms with Crippen molar-refractivity contribution >= 4 is 45.3 Å². The van der Waals surface area contributed by atoms with E-state index >= 15 is 0 Å². The summed E-state index contributed by atoms with van der Waals surface area (Å²) in [5.74, 6) is -3.09. The Bertz CT molecular complexity index is 541. The Hall–Kier alpha value is -1.86. The van der Waals surface area contributed by atoms with Gasteiger partial charge in [0, 0.05) is 0 Å². The van der Waals surface area contributed by atoms with Crippen LogP contribution in [0.15, 0.2) is 24.3 Å². The van der Waals surface area contributed by atoms with Crippen LogP contribution in [-0.4, -0.2) is 65.2 Å². The Kier molecular flexibility index (Phi) is 17.9. The predicted octanol–water partition coefficient (Wildman–Crippen LogP) is 2.67. The molecule has 170 valence electrons. The minimum atomic E-state index is -3.66. The van der Waals surface area contributed by atoms with Crippen molar-refractivity contribution in [1.82, 2.24) is 0 Å². The van der Waals surface area contributed by atoms with Gasteiger partial charge in [0.25, 0.3) is 0 Å². The fraction of sp³-hybridized carbons (Fsp3) is 0.600. The third-order valence-corrected chi connectivity index (χ3v) is 6.22. The zero-order valence-corrected chi connectivity index (χ0v) is 20.3. The molecule has 0 aromatic carbocycles. The number of unbranched alkanes of at least 4 members (excludes halogenated alkanes) is 3. The van der Waals surface area contributed by atoms with E-state index < -0.39 is 45.3 Å². The van der Waals surface area contributed by atoms with Crippen molar-refractivity contribution in [2.45, 2.75) is 59.3 Å². The number of hydrogen-bond acceptors (Lipinski definition) is 9. The van der Waals surface area contributed by atoms with Gasteiger partial charge in [-0.15, -0.1) is 0 Å². The Balaban J connectivity index is 4.63. The molecular formula is C20H31O9Sb. The fourth-order valence-electron chi connectivity index (χ4n) is 1.57. The molecule has 0 fully saturated rings. The Morgan fingerprint density at radius 1 is 0.600 bits per heavy atom. The van der Waals surface area contributed by atoms with Gasteiger partial charge in [-0.25, -0.2) is 0 Å². The van der Waals surface area contributed by atoms with E-state index in [1.165, 1.54) is 0 Å². The van der Waals surface area contributed by atoms with Crippen molar-refractivity contribution in [3.8, 4) is 0 Å². The molecule has 0 radical (unpaired) electrons. The molecule has 0 aliphatic heterocycles. The molecule has 0 saturated heterocycles. The van der Waals surface area contributed by atoms with Crippen molar-refractivity contribution in [1.29, 1.82) is 0 Å². The van der Waals surface area contributed by atoms with E-state index in [4.69, 9.17) is 18.5 Å². The molecule has 0 rings (SSSR count). The van der Waals surface area contributed by atoms with E-state index in [9.17, 15) is 19.2 Å². The van der Waals surface area contributed by atoms with Gasteiger partial charge in [0.05, 0.1) is 0 Å². The Labute approximate surface area is 186 Å². The van der Waals surface area contributed by atoms with Crippen molar-refractivity contribution in [3.63, 3.8) is 0 Å². The molecule has 0 bridgehead atoms. The predicted molar refractivity (Wildman–Crippen MR) is 109 cm³/mol. The number of carbonyl (C=O) groups excluding carboxylic acids is 4. The first-order chi connectivity index (χ1) is 14.4. The maximum absolute atomic E-state index is 11.9. The quantitative estimate of drug-likeness (QED) is 0.127. The summed E-state index contributed by atoms with van der Waals surface area (Å²) in [7, 11) is 0. The van der Waals surface area contributed by atoms with E-state index in [1.807, 2.05) is 20.8 Å². The summed E-state index contributed by atoms with van der Waals surface area (Å²) < 4.78 is 25.3. The average molecular weight is 537 g/mol. The summed E-state index contributed by atoms with van der Waals surface area (Å²) in [4.78, 5) is 46.7. The van der Waals surface area contributed by atoms with E-state index in [1.54, 1.807) is 0 Å². The third-order valence-electron chi connectivity index (χ3n) is 3.22. The van der Waals surface area contributed by atoms with Gasteiger partial charge >= 0.3 is 186 Å². The first kappa shape index (κ1) is 28.1. The van der Waals surface area contributed by atoms with Crippen LogP contribution in [0.4, 0.5) is 0 Å². The van der Waals surface area contributed by atoms with Crippen LogP contribution in [-0.2, 0) is 37.7 Å². The monoisotopic (exact) mass is 536 g/mol. The average Bonchev–Trinajstić information content (AvgIpc) is 2.71. The molecule has 0 heterocycles. The normalized spacial score (nSPS) is 11.1. The van der Waals surface area contributed by atoms with Crippen molar-refractivity contribution in [2.24, 2.45) is 0 Å². The van der Waals surface area contributed by atoms with Gasteiger partial charge in [-0.2, -0.15) is 0 Å². The van der Waals surface area contributed by atoms with Crippen LogP contribution in [0.3, 0.4) is 0 Å². The minimum absolute atomic E-state index is 0.255. The molecule has 30 heavy (non-hydrogen) atoms. The topological polar surface area (TPSA) is 114 Å². The molecule has 0 N–H and O–H groups in total. The van der Waals surface area contributed by atoms with Crippen LogP contribution < -0.4 is 0 Å². The Morgan fingerprint density at radius 3 is 1.37 bits per heavy atom. The van der Waals surface area contributed by atoms with Crippen LogP contribution in [0.2, 0.25) is 0 Å². The zero-order chi connectivity index (χ0) is 22.6. The molecule has 0 atom stereocenters. The molecule has 0 unspecified atom stereocenters. The molecule has 0 aromatic heterocycles. The zero-order valence-electron chi connectivity index (χ0n) is 17.8. The number of carbonyl (C=O) groups is 4. The first-order valence-electron chi connectivity index (χ1n) is 9.99. The van der Waals surface area contributed by atoms with E-state index in [0.717, 1.165) is 56.4 Å². The van der Waals surface area contributed by atoms with Crippen LogP contribution in [0.1, 0.15) is 59.3 Å². The van der Waals surface area contributed by atoms with Gasteiger partial charge in [0.1, 0.15) is 0 Å². The van der Waals surface area contributed by atoms with Crippen molar-refractivity contribution in [2.75, 3.05) is 19.8 Å². The van der Waals surface area contributed by atoms with Crippen LogP contribution in [0.25, 0.3) is 0 Å². The molecule has 0 aliphatic carbocycles. The second-order valence-electron chi connectivity index (χ2n) is 5.94. The van der Waals surface area contributed by atoms with E-state index in [-0.39, 0.29) is 19.8 Å². The van der Waals surface area contributed by atoms with Gasteiger partial charge in [0.2, 0.25) is 0 Å². The summed E-state index contributed by atoms with van der Waals surface area (Å²) in [6, 6.07) is 0. The maximum atomic E-state index is 11.9. The molecule has 0 saturated carbocycles. The standard InChI is InChI=1S/2C8H12O4.C4H9O.Sb/c2*1-2-3-6-12-8(11)5-4-7(9)10;1-2-3-4-5;/h2*4-5H,2-3,6H2,1H3,(H,9,10);2-4H2,1H3;/q;;-1;+3/p-2/b2*5-4-;;. The molecule has 0 amide bonds. The van der Waals surface area contributed by atoms with Gasteiger partial charge in [0.15, 0.2) is 0 Å². The summed E-state index contributed by atoms with van der Waals surface area (Å²) in [5, 5.41) is 0. The summed E-state index contributed by atoms with van der Waals surface area (Å²) in [6.45, 7) is 6.64. The van der Waals surface area contributed by atoms with Crippen molar-refractivity contribution in [3.05, 3.63) is 24.3 Å². The molecule has 0 aromatic rings. The molecule has 10 heteroatoms. The fourth-order valence-corrected chi connectivity index (χ4v) is 3.95. The number of rotatable bonds is 16. The molecule has 0 spiro atoms. The van der Waals surface area contributed by atoms with Gasteiger partial charge in [-0.3, -0.25) is 0 Å². The van der Waals surface area contributed by atoms with Gasteiger partial charge in [-0.05, 0) is 0 Å². The molecule has 9 nitrogen and oxygen atoms in total. The SMILES string of the molecule is CCCCOC(=O)/C=C\C(=O)[O][Sb]([O]CCCC)[O]C(=O)/C=C\C(=O)OCCCC. The third kappa shape index (κ3) is 17.0.